The topological polar surface area (TPSA) is 35.5 Å². The molecule has 0 aliphatic carbocycles. The maximum Gasteiger partial charge on any atom is 0.192 e. The van der Waals surface area contributed by atoms with E-state index in [1.165, 1.54) is 7.05 Å². The number of nitrogens with zero attached hydrogens (tertiary/aromatic N) is 1. The van der Waals surface area contributed by atoms with E-state index in [9.17, 15) is 0 Å². The van der Waals surface area contributed by atoms with Gasteiger partial charge in [-0.2, -0.15) is 0 Å². The summed E-state index contributed by atoms with van der Waals surface area (Å²) < 4.78 is 0. The summed E-state index contributed by atoms with van der Waals surface area (Å²) in [6.45, 7) is 2.84. The van der Waals surface area contributed by atoms with Crippen LogP contribution in [-0.4, -0.2) is 29.0 Å². The SMILES string of the molecule is CCCNC(=S)N(C)O. The lowest BCUT2D eigenvalue weighted by Crippen LogP contribution is -2.34. The predicted molar refractivity (Wildman–Crippen MR) is 40.4 cm³/mol. The highest BCUT2D eigenvalue weighted by molar-refractivity contribution is 7.80. The van der Waals surface area contributed by atoms with Gasteiger partial charge in [0.05, 0.1) is 0 Å². The molecule has 0 aromatic rings. The third kappa shape index (κ3) is 4.17. The van der Waals surface area contributed by atoms with E-state index in [2.05, 4.69) is 5.32 Å². The molecule has 0 spiro atoms. The average molecular weight is 148 g/mol. The second-order valence-corrected chi connectivity index (χ2v) is 2.14. The second kappa shape index (κ2) is 4.52. The summed E-state index contributed by atoms with van der Waals surface area (Å²) in [5, 5.41) is 12.8. The third-order valence-electron chi connectivity index (χ3n) is 0.820. The first-order chi connectivity index (χ1) is 4.18. The Kier molecular flexibility index (Phi) is 4.35. The van der Waals surface area contributed by atoms with E-state index in [1.807, 2.05) is 6.92 Å². The number of hydrogen-bond donors (Lipinski definition) is 2. The van der Waals surface area contributed by atoms with Crippen molar-refractivity contribution in [2.24, 2.45) is 0 Å². The second-order valence-electron chi connectivity index (χ2n) is 1.76. The smallest absolute Gasteiger partial charge is 0.192 e. The van der Waals surface area contributed by atoms with Gasteiger partial charge in [-0.1, -0.05) is 6.92 Å². The Morgan fingerprint density at radius 2 is 2.33 bits per heavy atom. The molecule has 0 aliphatic heterocycles. The van der Waals surface area contributed by atoms with Gasteiger partial charge in [0, 0.05) is 13.6 Å². The highest BCUT2D eigenvalue weighted by Crippen LogP contribution is 1.77. The van der Waals surface area contributed by atoms with E-state index in [0.717, 1.165) is 18.0 Å². The molecule has 0 aromatic carbocycles. The highest BCUT2D eigenvalue weighted by atomic mass is 32.1. The summed E-state index contributed by atoms with van der Waals surface area (Å²) in [6, 6.07) is 0. The minimum atomic E-state index is 0.372. The quantitative estimate of drug-likeness (QED) is 0.444. The fourth-order valence-corrected chi connectivity index (χ4v) is 0.448. The molecule has 0 heterocycles. The first kappa shape index (κ1) is 8.65. The molecule has 0 aromatic heterocycles. The Hall–Kier alpha value is -0.350. The molecule has 0 fully saturated rings. The van der Waals surface area contributed by atoms with Crippen LogP contribution in [0, 0.1) is 0 Å². The van der Waals surface area contributed by atoms with Crippen molar-refractivity contribution in [3.63, 3.8) is 0 Å². The summed E-state index contributed by atoms with van der Waals surface area (Å²) in [7, 11) is 1.49. The first-order valence-corrected chi connectivity index (χ1v) is 3.29. The maximum atomic E-state index is 8.68. The molecule has 0 atom stereocenters. The summed E-state index contributed by atoms with van der Waals surface area (Å²) in [6.07, 6.45) is 1.01. The van der Waals surface area contributed by atoms with E-state index >= 15 is 0 Å². The molecule has 0 radical (unpaired) electrons. The normalized spacial score (nSPS) is 8.78. The summed E-state index contributed by atoms with van der Waals surface area (Å²) in [5.41, 5.74) is 0. The van der Waals surface area contributed by atoms with Gasteiger partial charge in [-0.05, 0) is 18.6 Å². The van der Waals surface area contributed by atoms with E-state index in [1.54, 1.807) is 0 Å². The maximum absolute atomic E-state index is 8.68. The van der Waals surface area contributed by atoms with Crippen LogP contribution in [0.25, 0.3) is 0 Å². The molecule has 54 valence electrons. The number of hydrogen-bond acceptors (Lipinski definition) is 2. The number of hydroxylamine groups is 2. The van der Waals surface area contributed by atoms with E-state index in [4.69, 9.17) is 17.4 Å². The molecule has 0 saturated heterocycles. The van der Waals surface area contributed by atoms with Gasteiger partial charge in [-0.3, -0.25) is 5.21 Å². The van der Waals surface area contributed by atoms with Crippen molar-refractivity contribution < 1.29 is 5.21 Å². The molecule has 0 saturated carbocycles. The van der Waals surface area contributed by atoms with Crippen LogP contribution in [0.4, 0.5) is 0 Å². The van der Waals surface area contributed by atoms with Crippen LogP contribution < -0.4 is 5.32 Å². The Bertz CT molecular complexity index is 95.0. The third-order valence-corrected chi connectivity index (χ3v) is 1.23. The molecule has 0 rings (SSSR count). The Labute approximate surface area is 60.6 Å². The summed E-state index contributed by atoms with van der Waals surface area (Å²) in [5.74, 6) is 0. The molecule has 0 bridgehead atoms. The first-order valence-electron chi connectivity index (χ1n) is 2.89. The summed E-state index contributed by atoms with van der Waals surface area (Å²) >= 11 is 4.71. The number of thiocarbonyl (C=S) groups is 1. The number of rotatable bonds is 2. The van der Waals surface area contributed by atoms with Gasteiger partial charge in [-0.15, -0.1) is 0 Å². The van der Waals surface area contributed by atoms with Crippen molar-refractivity contribution in [2.75, 3.05) is 13.6 Å². The van der Waals surface area contributed by atoms with Crippen LogP contribution in [0.2, 0.25) is 0 Å². The fraction of sp³-hybridized carbons (Fsp3) is 0.800. The standard InChI is InChI=1S/C5H12N2OS/c1-3-4-6-5(9)7(2)8/h8H,3-4H2,1-2H3,(H,6,9). The van der Waals surface area contributed by atoms with E-state index < -0.39 is 0 Å². The van der Waals surface area contributed by atoms with Gasteiger partial charge in [0.25, 0.3) is 0 Å². The van der Waals surface area contributed by atoms with Crippen LogP contribution >= 0.6 is 12.2 Å². The van der Waals surface area contributed by atoms with Crippen molar-refractivity contribution in [2.45, 2.75) is 13.3 Å². The van der Waals surface area contributed by atoms with Crippen LogP contribution in [-0.2, 0) is 0 Å². The van der Waals surface area contributed by atoms with Crippen molar-refractivity contribution >= 4 is 17.3 Å². The number of nitrogens with one attached hydrogen (secondary N) is 1. The van der Waals surface area contributed by atoms with Gasteiger partial charge >= 0.3 is 0 Å². The predicted octanol–water partition coefficient (Wildman–Crippen LogP) is 0.592. The van der Waals surface area contributed by atoms with Crippen LogP contribution in [0.3, 0.4) is 0 Å². The molecular formula is C5H12N2OS. The zero-order valence-corrected chi connectivity index (χ0v) is 6.53. The molecule has 9 heavy (non-hydrogen) atoms. The zero-order chi connectivity index (χ0) is 7.28. The van der Waals surface area contributed by atoms with Crippen LogP contribution in [0.1, 0.15) is 13.3 Å². The van der Waals surface area contributed by atoms with Gasteiger partial charge in [0.15, 0.2) is 5.11 Å². The van der Waals surface area contributed by atoms with Gasteiger partial charge in [0.1, 0.15) is 0 Å². The zero-order valence-electron chi connectivity index (χ0n) is 5.72. The van der Waals surface area contributed by atoms with E-state index in [0.29, 0.717) is 5.11 Å². The molecule has 3 nitrogen and oxygen atoms in total. The average Bonchev–Trinajstić information content (AvgIpc) is 1.82. The lowest BCUT2D eigenvalue weighted by atomic mass is 10.5. The highest BCUT2D eigenvalue weighted by Gasteiger charge is 1.95. The molecule has 0 unspecified atom stereocenters. The Morgan fingerprint density at radius 3 is 2.67 bits per heavy atom. The molecule has 0 amide bonds. The van der Waals surface area contributed by atoms with Gasteiger partial charge in [0.2, 0.25) is 0 Å². The summed E-state index contributed by atoms with van der Waals surface area (Å²) in [4.78, 5) is 0. The van der Waals surface area contributed by atoms with E-state index in [-0.39, 0.29) is 0 Å². The molecule has 4 heteroatoms. The molecule has 0 aliphatic rings. The van der Waals surface area contributed by atoms with Crippen LogP contribution in [0.15, 0.2) is 0 Å². The minimum absolute atomic E-state index is 0.372. The Morgan fingerprint density at radius 1 is 1.78 bits per heavy atom. The van der Waals surface area contributed by atoms with Crippen molar-refractivity contribution in [1.29, 1.82) is 0 Å². The monoisotopic (exact) mass is 148 g/mol. The van der Waals surface area contributed by atoms with Crippen LogP contribution in [0.5, 0.6) is 0 Å². The van der Waals surface area contributed by atoms with Gasteiger partial charge < -0.3 is 5.32 Å². The molecular weight excluding hydrogens is 136 g/mol. The van der Waals surface area contributed by atoms with Crippen molar-refractivity contribution in [3.05, 3.63) is 0 Å². The van der Waals surface area contributed by atoms with Crippen molar-refractivity contribution in [3.8, 4) is 0 Å². The lowest BCUT2D eigenvalue weighted by Gasteiger charge is -2.11. The van der Waals surface area contributed by atoms with Gasteiger partial charge in [-0.25, -0.2) is 5.06 Å². The largest absolute Gasteiger partial charge is 0.361 e. The lowest BCUT2D eigenvalue weighted by molar-refractivity contribution is 0.0127. The Balaban J connectivity index is 3.28. The fourth-order valence-electron chi connectivity index (χ4n) is 0.346. The minimum Gasteiger partial charge on any atom is -0.361 e. The van der Waals surface area contributed by atoms with Crippen molar-refractivity contribution in [1.82, 2.24) is 10.4 Å². The molecule has 2 N–H and O–H groups in total.